The summed E-state index contributed by atoms with van der Waals surface area (Å²) in [6, 6.07) is 27.6. The number of hydrogen-bond donors (Lipinski definition) is 2. The average molecular weight is 513 g/mol. The summed E-state index contributed by atoms with van der Waals surface area (Å²) in [6.45, 7) is 5.02. The van der Waals surface area contributed by atoms with Crippen molar-refractivity contribution in [1.82, 2.24) is 5.32 Å². The monoisotopic (exact) mass is 512 g/mol. The van der Waals surface area contributed by atoms with Crippen LogP contribution in [0.2, 0.25) is 0 Å². The van der Waals surface area contributed by atoms with E-state index >= 15 is 0 Å². The Morgan fingerprint density at radius 3 is 2.39 bits per heavy atom. The Kier molecular flexibility index (Phi) is 9.71. The zero-order valence-electron chi connectivity index (χ0n) is 21.7. The molecule has 6 nitrogen and oxygen atoms in total. The van der Waals surface area contributed by atoms with Crippen LogP contribution in [0.1, 0.15) is 48.5 Å². The van der Waals surface area contributed by atoms with Crippen LogP contribution in [-0.2, 0) is 16.0 Å². The third-order valence-corrected chi connectivity index (χ3v) is 6.61. The molecule has 3 aromatic carbocycles. The lowest BCUT2D eigenvalue weighted by Gasteiger charge is -2.29. The first-order chi connectivity index (χ1) is 18.7. The molecule has 1 heterocycles. The maximum atomic E-state index is 13.8. The van der Waals surface area contributed by atoms with E-state index < -0.39 is 11.6 Å². The van der Waals surface area contributed by atoms with Gasteiger partial charge in [0.25, 0.3) is 5.91 Å². The van der Waals surface area contributed by atoms with Crippen LogP contribution in [0.15, 0.2) is 103 Å². The Balaban J connectivity index is 1.51. The minimum absolute atomic E-state index is 0.0874. The third kappa shape index (κ3) is 6.69. The van der Waals surface area contributed by atoms with Gasteiger partial charge in [-0.25, -0.2) is 4.99 Å². The van der Waals surface area contributed by atoms with Crippen molar-refractivity contribution in [1.29, 1.82) is 0 Å². The summed E-state index contributed by atoms with van der Waals surface area (Å²) in [5, 5.41) is 12.1. The summed E-state index contributed by atoms with van der Waals surface area (Å²) in [5.74, 6) is 0.956. The first-order valence-corrected chi connectivity index (χ1v) is 13.2. The molecule has 0 fully saturated rings. The SMILES string of the molecule is C=CC[C@@]1(C(=O)NCCCCc2ccccc2)N=C(c2ccc(OCCCO)cc2)O[C@@H]1c1ccccc1. The number of aliphatic hydroxyl groups is 1. The lowest BCUT2D eigenvalue weighted by atomic mass is 9.84. The molecule has 6 heteroatoms. The Morgan fingerprint density at radius 1 is 1.00 bits per heavy atom. The standard InChI is InChI=1S/C32H36N2O4/c1-2-21-32(31(36)33-22-10-9-14-25-12-5-3-6-13-25)29(26-15-7-4-8-16-26)38-30(34-32)27-17-19-28(20-18-27)37-24-11-23-35/h2-8,12-13,15-20,29,35H,1,9-11,14,21-24H2,(H,33,36)/t29-,32-/m1/s1. The van der Waals surface area contributed by atoms with Crippen LogP contribution in [0, 0.1) is 0 Å². The molecule has 4 rings (SSSR count). The van der Waals surface area contributed by atoms with Gasteiger partial charge in [-0.2, -0.15) is 0 Å². The van der Waals surface area contributed by atoms with Gasteiger partial charge < -0.3 is 19.9 Å². The lowest BCUT2D eigenvalue weighted by Crippen LogP contribution is -2.48. The highest BCUT2D eigenvalue weighted by atomic mass is 16.5. The number of unbranched alkanes of at least 4 members (excludes halogenated alkanes) is 1. The first kappa shape index (κ1) is 27.1. The maximum absolute atomic E-state index is 13.8. The predicted molar refractivity (Wildman–Crippen MR) is 150 cm³/mol. The Labute approximate surface area is 225 Å². The van der Waals surface area contributed by atoms with Gasteiger partial charge >= 0.3 is 0 Å². The molecule has 0 aromatic heterocycles. The molecule has 1 amide bonds. The fourth-order valence-corrected chi connectivity index (χ4v) is 4.62. The van der Waals surface area contributed by atoms with Crippen molar-refractivity contribution in [2.45, 2.75) is 43.7 Å². The number of aliphatic hydroxyl groups excluding tert-OH is 1. The zero-order valence-corrected chi connectivity index (χ0v) is 21.7. The molecular weight excluding hydrogens is 476 g/mol. The Bertz CT molecular complexity index is 1200. The number of amides is 1. The van der Waals surface area contributed by atoms with Crippen molar-refractivity contribution in [3.05, 3.63) is 114 Å². The van der Waals surface area contributed by atoms with Crippen molar-refractivity contribution in [2.75, 3.05) is 19.8 Å². The van der Waals surface area contributed by atoms with Crippen LogP contribution in [-0.4, -0.2) is 42.2 Å². The van der Waals surface area contributed by atoms with Crippen LogP contribution >= 0.6 is 0 Å². The van der Waals surface area contributed by atoms with Gasteiger partial charge in [-0.1, -0.05) is 66.7 Å². The zero-order chi connectivity index (χ0) is 26.6. The van der Waals surface area contributed by atoms with Crippen LogP contribution in [0.5, 0.6) is 5.75 Å². The topological polar surface area (TPSA) is 80.2 Å². The van der Waals surface area contributed by atoms with Crippen molar-refractivity contribution >= 4 is 11.8 Å². The summed E-state index contributed by atoms with van der Waals surface area (Å²) in [5.41, 5.74) is 1.79. The summed E-state index contributed by atoms with van der Waals surface area (Å²) < 4.78 is 12.1. The second kappa shape index (κ2) is 13.6. The van der Waals surface area contributed by atoms with Crippen LogP contribution < -0.4 is 10.1 Å². The molecule has 0 unspecified atom stereocenters. The number of nitrogens with one attached hydrogen (secondary N) is 1. The van der Waals surface area contributed by atoms with Gasteiger partial charge in [-0.05, 0) is 54.7 Å². The quantitative estimate of drug-likeness (QED) is 0.223. The Morgan fingerprint density at radius 2 is 1.71 bits per heavy atom. The highest BCUT2D eigenvalue weighted by Gasteiger charge is 2.52. The van der Waals surface area contributed by atoms with Gasteiger partial charge in [0.05, 0.1) is 6.61 Å². The van der Waals surface area contributed by atoms with E-state index in [-0.39, 0.29) is 12.5 Å². The fraction of sp³-hybridized carbons (Fsp3) is 0.312. The van der Waals surface area contributed by atoms with E-state index in [1.807, 2.05) is 72.8 Å². The predicted octanol–water partition coefficient (Wildman–Crippen LogP) is 5.42. The number of aliphatic imine (C=N–C) groups is 1. The molecule has 0 aliphatic carbocycles. The van der Waals surface area contributed by atoms with E-state index in [2.05, 4.69) is 24.0 Å². The number of rotatable bonds is 14. The summed E-state index contributed by atoms with van der Waals surface area (Å²) >= 11 is 0. The number of nitrogens with zero attached hydrogens (tertiary/aromatic N) is 1. The molecule has 198 valence electrons. The molecule has 2 N–H and O–H groups in total. The van der Waals surface area contributed by atoms with Crippen LogP contribution in [0.25, 0.3) is 0 Å². The summed E-state index contributed by atoms with van der Waals surface area (Å²) in [6.07, 6.45) is 4.90. The van der Waals surface area contributed by atoms with Crippen LogP contribution in [0.4, 0.5) is 0 Å². The first-order valence-electron chi connectivity index (χ1n) is 13.2. The highest BCUT2D eigenvalue weighted by Crippen LogP contribution is 2.42. The molecule has 0 bridgehead atoms. The third-order valence-electron chi connectivity index (χ3n) is 6.61. The van der Waals surface area contributed by atoms with Gasteiger partial charge in [0.15, 0.2) is 11.6 Å². The van der Waals surface area contributed by atoms with E-state index in [1.54, 1.807) is 6.08 Å². The number of aryl methyl sites for hydroxylation is 1. The van der Waals surface area contributed by atoms with Crippen molar-refractivity contribution in [2.24, 2.45) is 4.99 Å². The molecule has 0 saturated heterocycles. The molecule has 1 aliphatic rings. The average Bonchev–Trinajstić information content (AvgIpc) is 3.35. The van der Waals surface area contributed by atoms with Crippen molar-refractivity contribution in [3.8, 4) is 5.75 Å². The van der Waals surface area contributed by atoms with Gasteiger partial charge in [-0.15, -0.1) is 6.58 Å². The molecule has 0 saturated carbocycles. The normalized spacial score (nSPS) is 18.3. The molecule has 0 radical (unpaired) electrons. The Hall–Kier alpha value is -3.90. The minimum atomic E-state index is -1.16. The largest absolute Gasteiger partial charge is 0.494 e. The second-order valence-corrected chi connectivity index (χ2v) is 9.39. The number of carbonyl (C=O) groups is 1. The minimum Gasteiger partial charge on any atom is -0.494 e. The molecule has 1 aliphatic heterocycles. The van der Waals surface area contributed by atoms with Gasteiger partial charge in [0.2, 0.25) is 5.90 Å². The summed E-state index contributed by atoms with van der Waals surface area (Å²) in [7, 11) is 0. The molecule has 3 aromatic rings. The molecular formula is C32H36N2O4. The van der Waals surface area contributed by atoms with E-state index in [1.165, 1.54) is 5.56 Å². The molecule has 38 heavy (non-hydrogen) atoms. The van der Waals surface area contributed by atoms with E-state index in [9.17, 15) is 4.79 Å². The molecule has 0 spiro atoms. The van der Waals surface area contributed by atoms with Gasteiger partial charge in [0, 0.05) is 31.6 Å². The van der Waals surface area contributed by atoms with Gasteiger partial charge in [0.1, 0.15) is 5.75 Å². The number of hydrogen-bond acceptors (Lipinski definition) is 5. The van der Waals surface area contributed by atoms with E-state index in [0.29, 0.717) is 37.6 Å². The van der Waals surface area contributed by atoms with E-state index in [4.69, 9.17) is 19.6 Å². The fourth-order valence-electron chi connectivity index (χ4n) is 4.62. The molecule has 2 atom stereocenters. The number of benzene rings is 3. The lowest BCUT2D eigenvalue weighted by molar-refractivity contribution is -0.128. The van der Waals surface area contributed by atoms with Gasteiger partial charge in [-0.3, -0.25) is 4.79 Å². The van der Waals surface area contributed by atoms with E-state index in [0.717, 1.165) is 30.4 Å². The van der Waals surface area contributed by atoms with Crippen molar-refractivity contribution in [3.63, 3.8) is 0 Å². The highest BCUT2D eigenvalue weighted by molar-refractivity contribution is 6.01. The second-order valence-electron chi connectivity index (χ2n) is 9.39. The number of carbonyl (C=O) groups excluding carboxylic acids is 1. The maximum Gasteiger partial charge on any atom is 0.252 e. The number of ether oxygens (including phenoxy) is 2. The smallest absolute Gasteiger partial charge is 0.252 e. The summed E-state index contributed by atoms with van der Waals surface area (Å²) in [4.78, 5) is 18.7. The van der Waals surface area contributed by atoms with Crippen molar-refractivity contribution < 1.29 is 19.4 Å². The van der Waals surface area contributed by atoms with Crippen LogP contribution in [0.3, 0.4) is 0 Å².